The van der Waals surface area contributed by atoms with Crippen LogP contribution in [-0.2, 0) is 5.60 Å². The van der Waals surface area contributed by atoms with Crippen LogP contribution in [0.1, 0.15) is 18.7 Å². The molecule has 0 radical (unpaired) electrons. The minimum atomic E-state index is -1.02. The first kappa shape index (κ1) is 12.7. The molecule has 1 fully saturated rings. The molecular weight excluding hydrogens is 312 g/mol. The highest BCUT2D eigenvalue weighted by Gasteiger charge is 2.37. The van der Waals surface area contributed by atoms with E-state index < -0.39 is 5.60 Å². The summed E-state index contributed by atoms with van der Waals surface area (Å²) in [7, 11) is 0. The largest absolute Gasteiger partial charge is 0.380 e. The molecule has 3 heterocycles. The highest BCUT2D eigenvalue weighted by molar-refractivity contribution is 9.10. The van der Waals surface area contributed by atoms with E-state index in [1.54, 1.807) is 12.4 Å². The first-order chi connectivity index (χ1) is 9.17. The van der Waals surface area contributed by atoms with E-state index in [1.807, 2.05) is 6.07 Å². The van der Waals surface area contributed by atoms with Gasteiger partial charge in [0.25, 0.3) is 5.89 Å². The van der Waals surface area contributed by atoms with Gasteiger partial charge in [0.2, 0.25) is 5.82 Å². The number of hydrogen-bond donors (Lipinski definition) is 2. The maximum Gasteiger partial charge on any atom is 0.259 e. The molecule has 1 aliphatic rings. The molecule has 0 spiro atoms. The van der Waals surface area contributed by atoms with Crippen LogP contribution >= 0.6 is 15.9 Å². The van der Waals surface area contributed by atoms with Gasteiger partial charge in [0.15, 0.2) is 0 Å². The summed E-state index contributed by atoms with van der Waals surface area (Å²) in [6, 6.07) is 1.86. The number of hydrogen-bond acceptors (Lipinski definition) is 6. The van der Waals surface area contributed by atoms with Crippen molar-refractivity contribution in [1.82, 2.24) is 20.4 Å². The van der Waals surface area contributed by atoms with Crippen molar-refractivity contribution in [2.24, 2.45) is 0 Å². The van der Waals surface area contributed by atoms with Gasteiger partial charge >= 0.3 is 0 Å². The van der Waals surface area contributed by atoms with Crippen LogP contribution in [0.25, 0.3) is 11.4 Å². The monoisotopic (exact) mass is 324 g/mol. The normalized spacial score (nSPS) is 18.4. The van der Waals surface area contributed by atoms with Crippen LogP contribution in [0.15, 0.2) is 27.5 Å². The Kier molecular flexibility index (Phi) is 3.34. The number of halogens is 1. The highest BCUT2D eigenvalue weighted by Crippen LogP contribution is 2.30. The van der Waals surface area contributed by atoms with Crippen molar-refractivity contribution in [3.8, 4) is 11.4 Å². The molecule has 0 atom stereocenters. The number of pyridine rings is 1. The Morgan fingerprint density at radius 1 is 1.32 bits per heavy atom. The van der Waals surface area contributed by atoms with Crippen molar-refractivity contribution < 1.29 is 9.63 Å². The first-order valence-electron chi connectivity index (χ1n) is 6.06. The summed E-state index contributed by atoms with van der Waals surface area (Å²) in [4.78, 5) is 8.36. The fourth-order valence-corrected chi connectivity index (χ4v) is 2.48. The van der Waals surface area contributed by atoms with Crippen molar-refractivity contribution in [1.29, 1.82) is 0 Å². The van der Waals surface area contributed by atoms with E-state index in [0.29, 0.717) is 18.7 Å². The second kappa shape index (κ2) is 4.99. The molecule has 6 nitrogen and oxygen atoms in total. The van der Waals surface area contributed by atoms with Crippen molar-refractivity contribution in [3.05, 3.63) is 28.8 Å². The summed E-state index contributed by atoms with van der Waals surface area (Å²) in [6.07, 6.45) is 4.49. The van der Waals surface area contributed by atoms with Gasteiger partial charge in [-0.2, -0.15) is 4.98 Å². The second-order valence-corrected chi connectivity index (χ2v) is 5.51. The number of rotatable bonds is 2. The standard InChI is InChI=1S/C12H13BrN4O2/c13-9-5-8(6-15-7-9)10-16-11(19-17-10)12(18)1-3-14-4-2-12/h5-7,14,18H,1-4H2. The van der Waals surface area contributed by atoms with Gasteiger partial charge in [-0.3, -0.25) is 4.98 Å². The number of nitrogens with one attached hydrogen (secondary N) is 1. The predicted octanol–water partition coefficient (Wildman–Crippen LogP) is 1.47. The van der Waals surface area contributed by atoms with Gasteiger partial charge < -0.3 is 14.9 Å². The average molecular weight is 325 g/mol. The van der Waals surface area contributed by atoms with E-state index in [2.05, 4.69) is 36.4 Å². The van der Waals surface area contributed by atoms with E-state index >= 15 is 0 Å². The molecule has 0 saturated carbocycles. The zero-order chi connectivity index (χ0) is 13.3. The van der Waals surface area contributed by atoms with Crippen LogP contribution in [0.2, 0.25) is 0 Å². The molecule has 7 heteroatoms. The molecule has 2 N–H and O–H groups in total. The summed E-state index contributed by atoms with van der Waals surface area (Å²) in [5.74, 6) is 0.722. The molecule has 3 rings (SSSR count). The van der Waals surface area contributed by atoms with Gasteiger partial charge in [0, 0.05) is 22.4 Å². The third-order valence-corrected chi connectivity index (χ3v) is 3.65. The van der Waals surface area contributed by atoms with Crippen LogP contribution in [-0.4, -0.2) is 33.3 Å². The number of piperidine rings is 1. The Bertz CT molecular complexity index is 581. The molecule has 19 heavy (non-hydrogen) atoms. The summed E-state index contributed by atoms with van der Waals surface area (Å²) in [5, 5.41) is 17.6. The first-order valence-corrected chi connectivity index (χ1v) is 6.85. The molecule has 0 bridgehead atoms. The molecule has 2 aromatic rings. The fraction of sp³-hybridized carbons (Fsp3) is 0.417. The van der Waals surface area contributed by atoms with E-state index in [1.165, 1.54) is 0 Å². The van der Waals surface area contributed by atoms with E-state index in [4.69, 9.17) is 4.52 Å². The quantitative estimate of drug-likeness (QED) is 0.870. The van der Waals surface area contributed by atoms with E-state index in [0.717, 1.165) is 23.1 Å². The van der Waals surface area contributed by atoms with Crippen LogP contribution < -0.4 is 5.32 Å². The molecule has 100 valence electrons. The maximum atomic E-state index is 10.5. The predicted molar refractivity (Wildman–Crippen MR) is 71.2 cm³/mol. The van der Waals surface area contributed by atoms with Gasteiger partial charge in [-0.15, -0.1) is 0 Å². The molecule has 0 unspecified atom stereocenters. The van der Waals surface area contributed by atoms with Gasteiger partial charge in [-0.05, 0) is 47.9 Å². The number of nitrogens with zero attached hydrogens (tertiary/aromatic N) is 3. The minimum Gasteiger partial charge on any atom is -0.380 e. The molecule has 0 amide bonds. The molecule has 1 saturated heterocycles. The van der Waals surface area contributed by atoms with Crippen molar-refractivity contribution in [3.63, 3.8) is 0 Å². The lowest BCUT2D eigenvalue weighted by Gasteiger charge is -2.28. The minimum absolute atomic E-state index is 0.281. The molecule has 1 aliphatic heterocycles. The Balaban J connectivity index is 1.91. The molecule has 0 aliphatic carbocycles. The summed E-state index contributed by atoms with van der Waals surface area (Å²) >= 11 is 3.35. The van der Waals surface area contributed by atoms with Gasteiger partial charge in [0.1, 0.15) is 5.60 Å². The topological polar surface area (TPSA) is 84.1 Å². The zero-order valence-electron chi connectivity index (χ0n) is 10.1. The lowest BCUT2D eigenvalue weighted by molar-refractivity contribution is -0.0228. The van der Waals surface area contributed by atoms with Crippen LogP contribution in [0.4, 0.5) is 0 Å². The van der Waals surface area contributed by atoms with Crippen molar-refractivity contribution in [2.45, 2.75) is 18.4 Å². The highest BCUT2D eigenvalue weighted by atomic mass is 79.9. The molecular formula is C12H13BrN4O2. The van der Waals surface area contributed by atoms with E-state index in [9.17, 15) is 5.11 Å². The Labute approximate surface area is 118 Å². The maximum absolute atomic E-state index is 10.5. The second-order valence-electron chi connectivity index (χ2n) is 4.60. The lowest BCUT2D eigenvalue weighted by atomic mass is 9.92. The number of aromatic nitrogens is 3. The lowest BCUT2D eigenvalue weighted by Crippen LogP contribution is -2.39. The number of aliphatic hydroxyl groups is 1. The molecule has 2 aromatic heterocycles. The van der Waals surface area contributed by atoms with Gasteiger partial charge in [-0.25, -0.2) is 0 Å². The van der Waals surface area contributed by atoms with Gasteiger partial charge in [-0.1, -0.05) is 5.16 Å². The van der Waals surface area contributed by atoms with E-state index in [-0.39, 0.29) is 5.89 Å². The van der Waals surface area contributed by atoms with Crippen LogP contribution in [0.5, 0.6) is 0 Å². The SMILES string of the molecule is OC1(c2nc(-c3cncc(Br)c3)no2)CCNCC1. The fourth-order valence-electron chi connectivity index (χ4n) is 2.12. The third-order valence-electron chi connectivity index (χ3n) is 3.22. The molecule has 0 aromatic carbocycles. The Hall–Kier alpha value is -1.31. The van der Waals surface area contributed by atoms with Gasteiger partial charge in [0.05, 0.1) is 0 Å². The van der Waals surface area contributed by atoms with Crippen LogP contribution in [0.3, 0.4) is 0 Å². The van der Waals surface area contributed by atoms with Crippen molar-refractivity contribution >= 4 is 15.9 Å². The summed E-state index contributed by atoms with van der Waals surface area (Å²) < 4.78 is 6.06. The summed E-state index contributed by atoms with van der Waals surface area (Å²) in [6.45, 7) is 1.49. The zero-order valence-corrected chi connectivity index (χ0v) is 11.7. The van der Waals surface area contributed by atoms with Crippen LogP contribution in [0, 0.1) is 0 Å². The third kappa shape index (κ3) is 2.54. The smallest absolute Gasteiger partial charge is 0.259 e. The summed E-state index contributed by atoms with van der Waals surface area (Å²) in [5.41, 5.74) is -0.266. The average Bonchev–Trinajstić information content (AvgIpc) is 2.90. The Morgan fingerprint density at radius 2 is 2.11 bits per heavy atom. The van der Waals surface area contributed by atoms with Crippen molar-refractivity contribution in [2.75, 3.05) is 13.1 Å². The Morgan fingerprint density at radius 3 is 2.84 bits per heavy atom.